The molecule has 1 aliphatic heterocycles. The number of fused-ring (bicyclic) bond motifs is 1. The van der Waals surface area contributed by atoms with Gasteiger partial charge in [-0.15, -0.1) is 0 Å². The lowest BCUT2D eigenvalue weighted by atomic mass is 10.1. The summed E-state index contributed by atoms with van der Waals surface area (Å²) in [6.45, 7) is 6.57. The van der Waals surface area contributed by atoms with Crippen LogP contribution in [0.3, 0.4) is 0 Å². The molecule has 9 heteroatoms. The molecule has 31 heavy (non-hydrogen) atoms. The number of halogens is 2. The van der Waals surface area contributed by atoms with Gasteiger partial charge in [0.2, 0.25) is 0 Å². The molecule has 0 bridgehead atoms. The number of hydrogen-bond donors (Lipinski definition) is 1. The van der Waals surface area contributed by atoms with Crippen LogP contribution in [0.15, 0.2) is 61.6 Å². The number of nitrogens with one attached hydrogen (secondary N) is 1. The normalized spacial score (nSPS) is 14.1. The van der Waals surface area contributed by atoms with E-state index >= 15 is 0 Å². The van der Waals surface area contributed by atoms with Crippen molar-refractivity contribution in [2.75, 3.05) is 35.3 Å². The lowest BCUT2D eigenvalue weighted by molar-refractivity contribution is 0.0171. The molecule has 0 atom stereocenters. The maximum Gasteiger partial charge on any atom is 0.272 e. The fraction of sp³-hybridized carbons (Fsp3) is 0.273. The van der Waals surface area contributed by atoms with Crippen LogP contribution >= 0.6 is 0 Å². The molecule has 0 amide bonds. The molecule has 0 saturated carbocycles. The highest BCUT2D eigenvalue weighted by atomic mass is 19.3. The molecular formula is C22H23F2N7. The summed E-state index contributed by atoms with van der Waals surface area (Å²) in [5, 5.41) is 3.19. The molecule has 4 rings (SSSR count). The summed E-state index contributed by atoms with van der Waals surface area (Å²) >= 11 is 0. The van der Waals surface area contributed by atoms with Gasteiger partial charge in [-0.3, -0.25) is 4.98 Å². The SMILES string of the molecule is C=C(Nc1ccncn1)N1CCCN(C)c2ccc(-c3cncc(C(C)(F)F)c3)nc21. The number of nitrogens with zero attached hydrogens (tertiary/aromatic N) is 6. The minimum absolute atomic E-state index is 0.148. The molecule has 0 fully saturated rings. The van der Waals surface area contributed by atoms with E-state index in [1.165, 1.54) is 18.6 Å². The van der Waals surface area contributed by atoms with Crippen LogP contribution in [0, 0.1) is 0 Å². The van der Waals surface area contributed by atoms with Gasteiger partial charge in [0.15, 0.2) is 5.82 Å². The van der Waals surface area contributed by atoms with Crippen molar-refractivity contribution in [2.24, 2.45) is 0 Å². The van der Waals surface area contributed by atoms with Gasteiger partial charge < -0.3 is 15.1 Å². The van der Waals surface area contributed by atoms with Gasteiger partial charge >= 0.3 is 0 Å². The molecule has 160 valence electrons. The van der Waals surface area contributed by atoms with Gasteiger partial charge in [0, 0.05) is 56.8 Å². The monoisotopic (exact) mass is 423 g/mol. The summed E-state index contributed by atoms with van der Waals surface area (Å²) in [6.07, 6.45) is 6.72. The van der Waals surface area contributed by atoms with Gasteiger partial charge in [0.25, 0.3) is 5.92 Å². The number of anilines is 3. The van der Waals surface area contributed by atoms with Crippen molar-refractivity contribution < 1.29 is 8.78 Å². The van der Waals surface area contributed by atoms with Crippen LogP contribution in [0.5, 0.6) is 0 Å². The van der Waals surface area contributed by atoms with Crippen molar-refractivity contribution >= 4 is 17.3 Å². The first kappa shape index (κ1) is 20.6. The fourth-order valence-electron chi connectivity index (χ4n) is 3.45. The first-order valence-corrected chi connectivity index (χ1v) is 9.88. The molecule has 0 radical (unpaired) electrons. The van der Waals surface area contributed by atoms with Crippen molar-refractivity contribution in [1.29, 1.82) is 0 Å². The summed E-state index contributed by atoms with van der Waals surface area (Å²) in [5.74, 6) is -1.04. The van der Waals surface area contributed by atoms with Crippen LogP contribution < -0.4 is 15.1 Å². The Bertz CT molecular complexity index is 1080. The molecule has 0 spiro atoms. The van der Waals surface area contributed by atoms with E-state index in [2.05, 4.69) is 31.7 Å². The molecule has 7 nitrogen and oxygen atoms in total. The maximum atomic E-state index is 13.8. The second-order valence-electron chi connectivity index (χ2n) is 7.48. The summed E-state index contributed by atoms with van der Waals surface area (Å²) in [4.78, 5) is 21.0. The second-order valence-corrected chi connectivity index (χ2v) is 7.48. The maximum absolute atomic E-state index is 13.8. The van der Waals surface area contributed by atoms with E-state index in [-0.39, 0.29) is 5.56 Å². The number of hydrogen-bond acceptors (Lipinski definition) is 7. The predicted octanol–water partition coefficient (Wildman–Crippen LogP) is 4.27. The van der Waals surface area contributed by atoms with E-state index in [0.717, 1.165) is 25.6 Å². The Hall–Kier alpha value is -3.62. The third-order valence-electron chi connectivity index (χ3n) is 5.12. The molecule has 1 N–H and O–H groups in total. The minimum Gasteiger partial charge on any atom is -0.372 e. The molecule has 0 unspecified atom stereocenters. The Morgan fingerprint density at radius 1 is 1.16 bits per heavy atom. The van der Waals surface area contributed by atoms with Gasteiger partial charge in [-0.25, -0.2) is 23.7 Å². The molecule has 4 heterocycles. The highest BCUT2D eigenvalue weighted by Crippen LogP contribution is 2.35. The summed E-state index contributed by atoms with van der Waals surface area (Å²) in [7, 11) is 2.00. The zero-order valence-corrected chi connectivity index (χ0v) is 17.4. The van der Waals surface area contributed by atoms with E-state index in [9.17, 15) is 8.78 Å². The largest absolute Gasteiger partial charge is 0.372 e. The molecule has 3 aromatic rings. The highest BCUT2D eigenvalue weighted by Gasteiger charge is 2.26. The van der Waals surface area contributed by atoms with E-state index in [4.69, 9.17) is 4.98 Å². The van der Waals surface area contributed by atoms with Gasteiger partial charge in [0.05, 0.1) is 11.4 Å². The van der Waals surface area contributed by atoms with Crippen LogP contribution in [0.2, 0.25) is 0 Å². The van der Waals surface area contributed by atoms with Crippen molar-refractivity contribution in [3.05, 3.63) is 67.1 Å². The zero-order chi connectivity index (χ0) is 22.0. The van der Waals surface area contributed by atoms with Crippen LogP contribution in [0.1, 0.15) is 18.9 Å². The van der Waals surface area contributed by atoms with Crippen LogP contribution in [0.4, 0.5) is 26.1 Å². The van der Waals surface area contributed by atoms with E-state index < -0.39 is 5.92 Å². The van der Waals surface area contributed by atoms with Gasteiger partial charge in [0.1, 0.15) is 18.0 Å². The van der Waals surface area contributed by atoms with Crippen molar-refractivity contribution in [1.82, 2.24) is 19.9 Å². The Morgan fingerprint density at radius 2 is 2.00 bits per heavy atom. The Kier molecular flexibility index (Phi) is 5.50. The Balaban J connectivity index is 1.73. The van der Waals surface area contributed by atoms with Crippen LogP contribution in [0.25, 0.3) is 11.3 Å². The third-order valence-corrected chi connectivity index (χ3v) is 5.12. The van der Waals surface area contributed by atoms with Gasteiger partial charge in [-0.05, 0) is 30.7 Å². The quantitative estimate of drug-likeness (QED) is 0.657. The van der Waals surface area contributed by atoms with Crippen LogP contribution in [-0.2, 0) is 5.92 Å². The van der Waals surface area contributed by atoms with Crippen molar-refractivity contribution in [2.45, 2.75) is 19.3 Å². The van der Waals surface area contributed by atoms with Crippen molar-refractivity contribution in [3.63, 3.8) is 0 Å². The smallest absolute Gasteiger partial charge is 0.272 e. The molecule has 3 aromatic heterocycles. The van der Waals surface area contributed by atoms with Crippen LogP contribution in [-0.4, -0.2) is 40.1 Å². The van der Waals surface area contributed by atoms with Crippen molar-refractivity contribution in [3.8, 4) is 11.3 Å². The summed E-state index contributed by atoms with van der Waals surface area (Å²) in [6, 6.07) is 6.96. The van der Waals surface area contributed by atoms with Gasteiger partial charge in [-0.2, -0.15) is 0 Å². The molecule has 0 aliphatic carbocycles. The number of aromatic nitrogens is 4. The lowest BCUT2D eigenvalue weighted by Gasteiger charge is -2.27. The number of pyridine rings is 2. The Labute approximate surface area is 179 Å². The Morgan fingerprint density at radius 3 is 2.74 bits per heavy atom. The van der Waals surface area contributed by atoms with E-state index in [1.54, 1.807) is 18.5 Å². The average molecular weight is 423 g/mol. The lowest BCUT2D eigenvalue weighted by Crippen LogP contribution is -2.28. The van der Waals surface area contributed by atoms with Gasteiger partial charge in [-0.1, -0.05) is 6.58 Å². The topological polar surface area (TPSA) is 70.1 Å². The average Bonchev–Trinajstić information content (AvgIpc) is 2.92. The minimum atomic E-state index is -2.98. The molecule has 0 saturated heterocycles. The number of alkyl halides is 2. The standard InChI is InChI=1S/C22H23F2N7/c1-15(28-20-7-8-25-14-27-20)31-10-4-9-30(3)19-6-5-18(29-21(19)31)16-11-17(13-26-12-16)22(2,23)24/h5-8,11-14H,1,4,9-10H2,2-3H3,(H,25,27,28). The fourth-order valence-corrected chi connectivity index (χ4v) is 3.45. The highest BCUT2D eigenvalue weighted by molar-refractivity contribution is 5.75. The molecular weight excluding hydrogens is 400 g/mol. The summed E-state index contributed by atoms with van der Waals surface area (Å²) in [5.41, 5.74) is 1.87. The number of rotatable bonds is 5. The second kappa shape index (κ2) is 8.25. The first-order chi connectivity index (χ1) is 14.8. The zero-order valence-electron chi connectivity index (χ0n) is 17.4. The third kappa shape index (κ3) is 4.45. The van der Waals surface area contributed by atoms with E-state index in [1.807, 2.05) is 24.1 Å². The molecule has 1 aliphatic rings. The first-order valence-electron chi connectivity index (χ1n) is 9.88. The predicted molar refractivity (Wildman–Crippen MR) is 117 cm³/mol. The summed E-state index contributed by atoms with van der Waals surface area (Å²) < 4.78 is 27.6. The molecule has 0 aromatic carbocycles. The van der Waals surface area contributed by atoms with E-state index in [0.29, 0.717) is 35.3 Å².